The van der Waals surface area contributed by atoms with Crippen LogP contribution in [0, 0.1) is 17.8 Å². The van der Waals surface area contributed by atoms with E-state index < -0.39 is 6.10 Å². The minimum absolute atomic E-state index is 0.0320. The van der Waals surface area contributed by atoms with Crippen LogP contribution in [0.3, 0.4) is 0 Å². The number of amides is 1. The average Bonchev–Trinajstić information content (AvgIpc) is 2.51. The molecule has 3 atom stereocenters. The summed E-state index contributed by atoms with van der Waals surface area (Å²) in [5, 5.41) is 13.1. The number of nitrogens with one attached hydrogen (secondary N) is 1. The average molecular weight is 312 g/mol. The molecule has 4 heteroatoms. The summed E-state index contributed by atoms with van der Waals surface area (Å²) in [7, 11) is 1.67. The number of rotatable bonds is 9. The largest absolute Gasteiger partial charge is 0.391 e. The maximum atomic E-state index is 12.0. The first-order chi connectivity index (χ1) is 10.4. The molecule has 1 aliphatic carbocycles. The maximum Gasteiger partial charge on any atom is 0.222 e. The molecule has 0 aliphatic heterocycles. The Bertz CT molecular complexity index is 314. The molecule has 0 spiro atoms. The zero-order valence-corrected chi connectivity index (χ0v) is 14.7. The van der Waals surface area contributed by atoms with Gasteiger partial charge >= 0.3 is 0 Å². The summed E-state index contributed by atoms with van der Waals surface area (Å²) in [5.74, 6) is 1.14. The van der Waals surface area contributed by atoms with Gasteiger partial charge in [-0.3, -0.25) is 4.79 Å². The van der Waals surface area contributed by atoms with Crippen molar-refractivity contribution in [2.24, 2.45) is 23.5 Å². The first-order valence-corrected chi connectivity index (χ1v) is 9.09. The molecule has 1 saturated carbocycles. The van der Waals surface area contributed by atoms with Gasteiger partial charge in [0.05, 0.1) is 6.10 Å². The minimum Gasteiger partial charge on any atom is -0.391 e. The Balaban J connectivity index is 2.45. The molecule has 0 unspecified atom stereocenters. The lowest BCUT2D eigenvalue weighted by Gasteiger charge is -2.28. The van der Waals surface area contributed by atoms with E-state index in [0.717, 1.165) is 19.3 Å². The van der Waals surface area contributed by atoms with E-state index in [0.29, 0.717) is 18.3 Å². The summed E-state index contributed by atoms with van der Waals surface area (Å²) in [4.78, 5) is 12.0. The first kappa shape index (κ1) is 19.4. The molecule has 22 heavy (non-hydrogen) atoms. The number of nitrogens with two attached hydrogens (primary N) is 1. The SMILES string of the molecule is CNC(=O)[C@H](CCC(C)C)C[C@H](O)[C@@H](N)CC1CCCCC1. The molecule has 0 aromatic carbocycles. The van der Waals surface area contributed by atoms with E-state index in [2.05, 4.69) is 19.2 Å². The van der Waals surface area contributed by atoms with Gasteiger partial charge < -0.3 is 16.2 Å². The van der Waals surface area contributed by atoms with Gasteiger partial charge in [0.2, 0.25) is 5.91 Å². The van der Waals surface area contributed by atoms with Gasteiger partial charge in [-0.05, 0) is 31.1 Å². The zero-order valence-electron chi connectivity index (χ0n) is 14.7. The molecular weight excluding hydrogens is 276 g/mol. The Hall–Kier alpha value is -0.610. The monoisotopic (exact) mass is 312 g/mol. The molecule has 1 amide bonds. The molecule has 0 bridgehead atoms. The van der Waals surface area contributed by atoms with Crippen molar-refractivity contribution in [2.75, 3.05) is 7.05 Å². The van der Waals surface area contributed by atoms with Gasteiger partial charge in [-0.2, -0.15) is 0 Å². The van der Waals surface area contributed by atoms with Crippen LogP contribution >= 0.6 is 0 Å². The second-order valence-electron chi connectivity index (χ2n) is 7.49. The number of hydrogen-bond acceptors (Lipinski definition) is 3. The number of aliphatic hydroxyl groups excluding tert-OH is 1. The highest BCUT2D eigenvalue weighted by molar-refractivity contribution is 5.78. The lowest BCUT2D eigenvalue weighted by atomic mass is 9.82. The Morgan fingerprint density at radius 2 is 1.86 bits per heavy atom. The first-order valence-electron chi connectivity index (χ1n) is 9.09. The lowest BCUT2D eigenvalue weighted by molar-refractivity contribution is -0.126. The molecule has 130 valence electrons. The standard InChI is InChI=1S/C18H36N2O2/c1-13(2)9-10-15(18(22)20-3)12-17(21)16(19)11-14-7-5-4-6-8-14/h13-17,21H,4-12,19H2,1-3H3,(H,20,22)/t15-,16+,17+/m1/s1. The molecule has 1 rings (SSSR count). The predicted octanol–water partition coefficient (Wildman–Crippen LogP) is 2.83. The molecule has 0 heterocycles. The van der Waals surface area contributed by atoms with Gasteiger partial charge in [-0.1, -0.05) is 52.4 Å². The van der Waals surface area contributed by atoms with Crippen LogP contribution in [0.1, 0.15) is 71.6 Å². The van der Waals surface area contributed by atoms with Crippen molar-refractivity contribution in [2.45, 2.75) is 83.8 Å². The van der Waals surface area contributed by atoms with E-state index in [1.54, 1.807) is 7.05 Å². The predicted molar refractivity (Wildman–Crippen MR) is 91.4 cm³/mol. The Kier molecular flexibility index (Phi) is 9.03. The minimum atomic E-state index is -0.573. The molecule has 1 fully saturated rings. The molecule has 0 radical (unpaired) electrons. The van der Waals surface area contributed by atoms with Crippen molar-refractivity contribution >= 4 is 5.91 Å². The summed E-state index contributed by atoms with van der Waals surface area (Å²) < 4.78 is 0. The second-order valence-corrected chi connectivity index (χ2v) is 7.49. The Labute approximate surface area is 136 Å². The fourth-order valence-electron chi connectivity index (χ4n) is 3.53. The summed E-state index contributed by atoms with van der Waals surface area (Å²) in [6, 6.07) is -0.200. The smallest absolute Gasteiger partial charge is 0.222 e. The van der Waals surface area contributed by atoms with Crippen LogP contribution in [0.4, 0.5) is 0 Å². The van der Waals surface area contributed by atoms with Crippen LogP contribution in [-0.4, -0.2) is 30.2 Å². The highest BCUT2D eigenvalue weighted by Crippen LogP contribution is 2.28. The Morgan fingerprint density at radius 1 is 1.23 bits per heavy atom. The van der Waals surface area contributed by atoms with E-state index >= 15 is 0 Å². The third-order valence-corrected chi connectivity index (χ3v) is 5.06. The molecule has 4 nitrogen and oxygen atoms in total. The number of carbonyl (C=O) groups is 1. The molecule has 0 aromatic heterocycles. The third-order valence-electron chi connectivity index (χ3n) is 5.06. The lowest BCUT2D eigenvalue weighted by Crippen LogP contribution is -2.40. The van der Waals surface area contributed by atoms with Gasteiger partial charge in [0.15, 0.2) is 0 Å². The van der Waals surface area contributed by atoms with Crippen molar-refractivity contribution < 1.29 is 9.90 Å². The number of hydrogen-bond donors (Lipinski definition) is 3. The van der Waals surface area contributed by atoms with Crippen LogP contribution < -0.4 is 11.1 Å². The molecular formula is C18H36N2O2. The molecule has 1 aliphatic rings. The number of carbonyl (C=O) groups excluding carboxylic acids is 1. The van der Waals surface area contributed by atoms with E-state index in [-0.39, 0.29) is 17.9 Å². The van der Waals surface area contributed by atoms with Crippen molar-refractivity contribution in [1.82, 2.24) is 5.32 Å². The second kappa shape index (κ2) is 10.2. The summed E-state index contributed by atoms with van der Waals surface area (Å²) in [6.07, 6.45) is 9.04. The van der Waals surface area contributed by atoms with Crippen LogP contribution in [0.2, 0.25) is 0 Å². The van der Waals surface area contributed by atoms with E-state index in [4.69, 9.17) is 5.73 Å². The van der Waals surface area contributed by atoms with Gasteiger partial charge in [0, 0.05) is 19.0 Å². The third kappa shape index (κ3) is 7.10. The van der Waals surface area contributed by atoms with Gasteiger partial charge in [0.25, 0.3) is 0 Å². The fourth-order valence-corrected chi connectivity index (χ4v) is 3.53. The van der Waals surface area contributed by atoms with E-state index in [1.165, 1.54) is 32.1 Å². The zero-order chi connectivity index (χ0) is 16.5. The van der Waals surface area contributed by atoms with Gasteiger partial charge in [-0.15, -0.1) is 0 Å². The van der Waals surface area contributed by atoms with Crippen LogP contribution in [0.15, 0.2) is 0 Å². The van der Waals surface area contributed by atoms with Crippen molar-refractivity contribution in [3.63, 3.8) is 0 Å². The fraction of sp³-hybridized carbons (Fsp3) is 0.944. The van der Waals surface area contributed by atoms with Crippen molar-refractivity contribution in [1.29, 1.82) is 0 Å². The summed E-state index contributed by atoms with van der Waals surface area (Å²) in [5.41, 5.74) is 6.21. The van der Waals surface area contributed by atoms with Crippen LogP contribution in [0.25, 0.3) is 0 Å². The molecule has 4 N–H and O–H groups in total. The van der Waals surface area contributed by atoms with Gasteiger partial charge in [0.1, 0.15) is 0 Å². The molecule has 0 aromatic rings. The van der Waals surface area contributed by atoms with Gasteiger partial charge in [-0.25, -0.2) is 0 Å². The summed E-state index contributed by atoms with van der Waals surface area (Å²) >= 11 is 0. The highest BCUT2D eigenvalue weighted by atomic mass is 16.3. The van der Waals surface area contributed by atoms with Crippen molar-refractivity contribution in [3.05, 3.63) is 0 Å². The van der Waals surface area contributed by atoms with E-state index in [9.17, 15) is 9.90 Å². The topological polar surface area (TPSA) is 75.3 Å². The van der Waals surface area contributed by atoms with E-state index in [1.807, 2.05) is 0 Å². The quantitative estimate of drug-likeness (QED) is 0.613. The summed E-state index contributed by atoms with van der Waals surface area (Å²) in [6.45, 7) is 4.32. The normalized spacial score (nSPS) is 20.6. The molecule has 0 saturated heterocycles. The maximum absolute atomic E-state index is 12.0. The van der Waals surface area contributed by atoms with Crippen LogP contribution in [0.5, 0.6) is 0 Å². The van der Waals surface area contributed by atoms with Crippen LogP contribution in [-0.2, 0) is 4.79 Å². The van der Waals surface area contributed by atoms with Crippen molar-refractivity contribution in [3.8, 4) is 0 Å². The number of aliphatic hydroxyl groups is 1. The Morgan fingerprint density at radius 3 is 2.41 bits per heavy atom. The highest BCUT2D eigenvalue weighted by Gasteiger charge is 2.27.